The fourth-order valence-corrected chi connectivity index (χ4v) is 2.04. The van der Waals surface area contributed by atoms with Gasteiger partial charge in [-0.15, -0.1) is 0 Å². The number of fused-ring (bicyclic) bond motifs is 1. The molecule has 1 amide bonds. The predicted molar refractivity (Wildman–Crippen MR) is 55.3 cm³/mol. The van der Waals surface area contributed by atoms with E-state index >= 15 is 0 Å². The van der Waals surface area contributed by atoms with Gasteiger partial charge in [0.25, 0.3) is 0 Å². The molecular weight excluding hydrogens is 210 g/mol. The number of nitrogens with zero attached hydrogens (tertiary/aromatic N) is 1. The first-order valence-corrected chi connectivity index (χ1v) is 4.91. The van der Waals surface area contributed by atoms with E-state index in [4.69, 9.17) is 10.2 Å². The molecule has 1 aromatic rings. The molecule has 1 aliphatic heterocycles. The molecule has 1 unspecified atom stereocenters. The van der Waals surface area contributed by atoms with Crippen LogP contribution in [-0.2, 0) is 11.2 Å². The first-order valence-electron chi connectivity index (χ1n) is 4.91. The first-order chi connectivity index (χ1) is 7.61. The molecule has 5 nitrogen and oxygen atoms in total. The van der Waals surface area contributed by atoms with Gasteiger partial charge in [-0.25, -0.2) is 9.59 Å². The SMILES string of the molecule is O=C(O)C1c2ccccc2CCN1C(=O)O. The van der Waals surface area contributed by atoms with Gasteiger partial charge in [-0.05, 0) is 17.5 Å². The number of benzene rings is 1. The van der Waals surface area contributed by atoms with Crippen LogP contribution in [0.25, 0.3) is 0 Å². The van der Waals surface area contributed by atoms with Crippen LogP contribution in [0, 0.1) is 0 Å². The lowest BCUT2D eigenvalue weighted by atomic mass is 9.93. The lowest BCUT2D eigenvalue weighted by molar-refractivity contribution is -0.143. The van der Waals surface area contributed by atoms with Gasteiger partial charge in [-0.2, -0.15) is 0 Å². The normalized spacial score (nSPS) is 19.0. The number of rotatable bonds is 1. The van der Waals surface area contributed by atoms with E-state index < -0.39 is 18.1 Å². The van der Waals surface area contributed by atoms with Crippen LogP contribution in [0.3, 0.4) is 0 Å². The second kappa shape index (κ2) is 3.84. The van der Waals surface area contributed by atoms with Gasteiger partial charge in [0, 0.05) is 6.54 Å². The Kier molecular flexibility index (Phi) is 2.52. The van der Waals surface area contributed by atoms with Gasteiger partial charge >= 0.3 is 12.1 Å². The Hall–Kier alpha value is -2.04. The molecule has 0 aliphatic carbocycles. The van der Waals surface area contributed by atoms with Crippen molar-refractivity contribution >= 4 is 12.1 Å². The molecule has 0 saturated heterocycles. The Morgan fingerprint density at radius 1 is 1.25 bits per heavy atom. The van der Waals surface area contributed by atoms with Gasteiger partial charge in [0.2, 0.25) is 0 Å². The van der Waals surface area contributed by atoms with Crippen molar-refractivity contribution in [2.45, 2.75) is 12.5 Å². The van der Waals surface area contributed by atoms with Crippen LogP contribution in [0.1, 0.15) is 17.2 Å². The topological polar surface area (TPSA) is 77.8 Å². The maximum Gasteiger partial charge on any atom is 0.408 e. The van der Waals surface area contributed by atoms with Crippen molar-refractivity contribution in [3.8, 4) is 0 Å². The number of hydrogen-bond donors (Lipinski definition) is 2. The van der Waals surface area contributed by atoms with Crippen LogP contribution in [-0.4, -0.2) is 33.7 Å². The lowest BCUT2D eigenvalue weighted by Gasteiger charge is -2.32. The van der Waals surface area contributed by atoms with E-state index in [0.29, 0.717) is 12.0 Å². The molecule has 2 N–H and O–H groups in total. The first kappa shape index (κ1) is 10.5. The number of carbonyl (C=O) groups is 2. The molecule has 5 heteroatoms. The number of aliphatic carboxylic acids is 1. The summed E-state index contributed by atoms with van der Waals surface area (Å²) in [6.45, 7) is 0.226. The summed E-state index contributed by atoms with van der Waals surface area (Å²) in [5, 5.41) is 18.0. The highest BCUT2D eigenvalue weighted by Gasteiger charge is 2.35. The second-order valence-electron chi connectivity index (χ2n) is 3.67. The molecule has 1 heterocycles. The van der Waals surface area contributed by atoms with Crippen LogP contribution < -0.4 is 0 Å². The van der Waals surface area contributed by atoms with Crippen molar-refractivity contribution in [2.24, 2.45) is 0 Å². The summed E-state index contributed by atoms with van der Waals surface area (Å²) >= 11 is 0. The average Bonchev–Trinajstić information content (AvgIpc) is 2.27. The van der Waals surface area contributed by atoms with E-state index in [-0.39, 0.29) is 6.54 Å². The van der Waals surface area contributed by atoms with Gasteiger partial charge in [-0.1, -0.05) is 24.3 Å². The number of amides is 1. The highest BCUT2D eigenvalue weighted by atomic mass is 16.4. The Bertz CT molecular complexity index is 443. The summed E-state index contributed by atoms with van der Waals surface area (Å²) in [5.74, 6) is -1.13. The van der Waals surface area contributed by atoms with Crippen molar-refractivity contribution in [2.75, 3.05) is 6.54 Å². The minimum Gasteiger partial charge on any atom is -0.479 e. The maximum absolute atomic E-state index is 11.1. The Morgan fingerprint density at radius 2 is 1.94 bits per heavy atom. The third kappa shape index (κ3) is 1.60. The zero-order chi connectivity index (χ0) is 11.7. The largest absolute Gasteiger partial charge is 0.479 e. The Balaban J connectivity index is 2.47. The van der Waals surface area contributed by atoms with Crippen molar-refractivity contribution in [1.82, 2.24) is 4.90 Å². The van der Waals surface area contributed by atoms with Crippen LogP contribution in [0.15, 0.2) is 24.3 Å². The number of hydrogen-bond acceptors (Lipinski definition) is 2. The zero-order valence-electron chi connectivity index (χ0n) is 8.46. The van der Waals surface area contributed by atoms with Crippen LogP contribution in [0.2, 0.25) is 0 Å². The van der Waals surface area contributed by atoms with Gasteiger partial charge in [-0.3, -0.25) is 4.90 Å². The number of carboxylic acids is 1. The summed E-state index contributed by atoms with van der Waals surface area (Å²) in [5.41, 5.74) is 1.48. The van der Waals surface area contributed by atoms with Crippen molar-refractivity contribution in [3.63, 3.8) is 0 Å². The summed E-state index contributed by atoms with van der Waals surface area (Å²) < 4.78 is 0. The van der Waals surface area contributed by atoms with E-state index in [1.165, 1.54) is 0 Å². The van der Waals surface area contributed by atoms with E-state index in [1.54, 1.807) is 12.1 Å². The standard InChI is InChI=1S/C11H11NO4/c13-10(14)9-8-4-2-1-3-7(8)5-6-12(9)11(15)16/h1-4,9H,5-6H2,(H,13,14)(H,15,16). The Morgan fingerprint density at radius 3 is 2.56 bits per heavy atom. The van der Waals surface area contributed by atoms with E-state index in [0.717, 1.165) is 10.5 Å². The monoisotopic (exact) mass is 221 g/mol. The third-order valence-corrected chi connectivity index (χ3v) is 2.76. The molecule has 1 aliphatic rings. The van der Waals surface area contributed by atoms with Gasteiger partial charge in [0.15, 0.2) is 6.04 Å². The smallest absolute Gasteiger partial charge is 0.408 e. The molecule has 16 heavy (non-hydrogen) atoms. The molecule has 0 saturated carbocycles. The summed E-state index contributed by atoms with van der Waals surface area (Å²) in [7, 11) is 0. The maximum atomic E-state index is 11.1. The number of carboxylic acid groups (broad SMARTS) is 2. The summed E-state index contributed by atoms with van der Waals surface area (Å²) in [6, 6.07) is 5.98. The minimum atomic E-state index is -1.19. The molecule has 2 rings (SSSR count). The molecular formula is C11H11NO4. The van der Waals surface area contributed by atoms with Gasteiger partial charge in [0.05, 0.1) is 0 Å². The fourth-order valence-electron chi connectivity index (χ4n) is 2.04. The summed E-state index contributed by atoms with van der Waals surface area (Å²) in [6.07, 6.45) is -0.631. The minimum absolute atomic E-state index is 0.226. The summed E-state index contributed by atoms with van der Waals surface area (Å²) in [4.78, 5) is 23.0. The molecule has 0 spiro atoms. The molecule has 0 aromatic heterocycles. The Labute approximate surface area is 91.9 Å². The average molecular weight is 221 g/mol. The molecule has 0 bridgehead atoms. The molecule has 0 radical (unpaired) electrons. The zero-order valence-corrected chi connectivity index (χ0v) is 8.46. The highest BCUT2D eigenvalue weighted by Crippen LogP contribution is 2.29. The molecule has 84 valence electrons. The van der Waals surface area contributed by atoms with Crippen LogP contribution >= 0.6 is 0 Å². The van der Waals surface area contributed by atoms with Crippen LogP contribution in [0.4, 0.5) is 4.79 Å². The fraction of sp³-hybridized carbons (Fsp3) is 0.273. The molecule has 0 fully saturated rings. The van der Waals surface area contributed by atoms with Gasteiger partial charge in [0.1, 0.15) is 0 Å². The highest BCUT2D eigenvalue weighted by molar-refractivity contribution is 5.82. The third-order valence-electron chi connectivity index (χ3n) is 2.76. The van der Waals surface area contributed by atoms with Crippen molar-refractivity contribution < 1.29 is 19.8 Å². The van der Waals surface area contributed by atoms with Crippen LogP contribution in [0.5, 0.6) is 0 Å². The van der Waals surface area contributed by atoms with Gasteiger partial charge < -0.3 is 10.2 Å². The van der Waals surface area contributed by atoms with Crippen molar-refractivity contribution in [1.29, 1.82) is 0 Å². The molecule has 1 atom stereocenters. The van der Waals surface area contributed by atoms with E-state index in [1.807, 2.05) is 12.1 Å². The van der Waals surface area contributed by atoms with E-state index in [9.17, 15) is 9.59 Å². The van der Waals surface area contributed by atoms with Crippen molar-refractivity contribution in [3.05, 3.63) is 35.4 Å². The lowest BCUT2D eigenvalue weighted by Crippen LogP contribution is -2.42. The predicted octanol–water partition coefficient (Wildman–Crippen LogP) is 1.35. The molecule has 1 aromatic carbocycles. The quantitative estimate of drug-likeness (QED) is 0.750. The van der Waals surface area contributed by atoms with E-state index in [2.05, 4.69) is 0 Å². The second-order valence-corrected chi connectivity index (χ2v) is 3.67.